The number of carbonyl (C=O) groups excluding carboxylic acids is 2. The Morgan fingerprint density at radius 2 is 1.38 bits per heavy atom. The molecule has 2 amide bonds. The van der Waals surface area contributed by atoms with Gasteiger partial charge in [0.1, 0.15) is 24.7 Å². The van der Waals surface area contributed by atoms with E-state index in [1.165, 1.54) is 0 Å². The van der Waals surface area contributed by atoms with Crippen LogP contribution >= 0.6 is 0 Å². The van der Waals surface area contributed by atoms with Crippen molar-refractivity contribution >= 4 is 17.5 Å². The highest BCUT2D eigenvalue weighted by Gasteiger charge is 2.16. The first-order valence-electron chi connectivity index (χ1n) is 10.3. The van der Waals surface area contributed by atoms with Crippen molar-refractivity contribution in [3.63, 3.8) is 0 Å². The Morgan fingerprint density at radius 3 is 2.16 bits per heavy atom. The molecule has 0 aromatic heterocycles. The monoisotopic (exact) mass is 434 g/mol. The van der Waals surface area contributed by atoms with Crippen molar-refractivity contribution in [3.8, 4) is 11.5 Å². The lowest BCUT2D eigenvalue weighted by molar-refractivity contribution is 0.0938. The number of methoxy groups -OCH3 is 1. The van der Waals surface area contributed by atoms with Crippen LogP contribution in [0.3, 0.4) is 0 Å². The smallest absolute Gasteiger partial charge is 0.259 e. The second-order valence-electron chi connectivity index (χ2n) is 6.75. The van der Waals surface area contributed by atoms with Crippen LogP contribution in [-0.2, 0) is 4.74 Å². The van der Waals surface area contributed by atoms with Crippen molar-refractivity contribution in [2.24, 2.45) is 0 Å². The van der Waals surface area contributed by atoms with Crippen molar-refractivity contribution in [1.82, 2.24) is 5.32 Å². The standard InChI is InChI=1S/C25H26N2O5/c1-30-16-15-26-24(28)20-11-5-7-13-22(20)27-25(29)21-12-6-8-14-23(21)32-18-17-31-19-9-3-2-4-10-19/h2-14H,15-18H2,1H3,(H,26,28)(H,27,29). The number of carbonyl (C=O) groups is 2. The fourth-order valence-electron chi connectivity index (χ4n) is 2.95. The van der Waals surface area contributed by atoms with Crippen LogP contribution in [0.2, 0.25) is 0 Å². The third-order valence-electron chi connectivity index (χ3n) is 4.50. The van der Waals surface area contributed by atoms with Crippen LogP contribution < -0.4 is 20.1 Å². The summed E-state index contributed by atoms with van der Waals surface area (Å²) in [5.74, 6) is 0.522. The maximum absolute atomic E-state index is 13.0. The maximum Gasteiger partial charge on any atom is 0.259 e. The van der Waals surface area contributed by atoms with E-state index < -0.39 is 0 Å². The van der Waals surface area contributed by atoms with E-state index in [0.717, 1.165) is 5.75 Å². The Kier molecular flexibility index (Phi) is 8.65. The van der Waals surface area contributed by atoms with E-state index >= 15 is 0 Å². The SMILES string of the molecule is COCCNC(=O)c1ccccc1NC(=O)c1ccccc1OCCOc1ccccc1. The molecule has 2 N–H and O–H groups in total. The second-order valence-corrected chi connectivity index (χ2v) is 6.75. The molecule has 0 aliphatic heterocycles. The molecule has 0 saturated heterocycles. The normalized spacial score (nSPS) is 10.3. The molecule has 0 atom stereocenters. The Bertz CT molecular complexity index is 1020. The van der Waals surface area contributed by atoms with E-state index in [9.17, 15) is 9.59 Å². The number of ether oxygens (including phenoxy) is 3. The van der Waals surface area contributed by atoms with Gasteiger partial charge in [-0.25, -0.2) is 0 Å². The molecule has 0 bridgehead atoms. The molecule has 3 aromatic rings. The summed E-state index contributed by atoms with van der Waals surface area (Å²) in [5.41, 5.74) is 1.14. The molecule has 7 nitrogen and oxygen atoms in total. The van der Waals surface area contributed by atoms with Crippen LogP contribution in [0.25, 0.3) is 0 Å². The van der Waals surface area contributed by atoms with Crippen LogP contribution in [0.15, 0.2) is 78.9 Å². The van der Waals surface area contributed by atoms with Gasteiger partial charge in [-0.1, -0.05) is 42.5 Å². The zero-order chi connectivity index (χ0) is 22.6. The lowest BCUT2D eigenvalue weighted by Crippen LogP contribution is -2.28. The average Bonchev–Trinajstić information content (AvgIpc) is 2.83. The quantitative estimate of drug-likeness (QED) is 0.449. The fourth-order valence-corrected chi connectivity index (χ4v) is 2.95. The maximum atomic E-state index is 13.0. The van der Waals surface area contributed by atoms with Crippen LogP contribution in [0, 0.1) is 0 Å². The predicted octanol–water partition coefficient (Wildman–Crippen LogP) is 3.77. The molecule has 0 unspecified atom stereocenters. The first-order chi connectivity index (χ1) is 15.7. The first kappa shape index (κ1) is 22.8. The van der Waals surface area contributed by atoms with Crippen molar-refractivity contribution in [2.75, 3.05) is 38.8 Å². The second kappa shape index (κ2) is 12.1. The molecule has 166 valence electrons. The predicted molar refractivity (Wildman–Crippen MR) is 122 cm³/mol. The summed E-state index contributed by atoms with van der Waals surface area (Å²) in [6.45, 7) is 1.39. The summed E-state index contributed by atoms with van der Waals surface area (Å²) >= 11 is 0. The van der Waals surface area contributed by atoms with Gasteiger partial charge < -0.3 is 24.8 Å². The van der Waals surface area contributed by atoms with Gasteiger partial charge in [-0.05, 0) is 36.4 Å². The van der Waals surface area contributed by atoms with Gasteiger partial charge in [0.15, 0.2) is 0 Å². The van der Waals surface area contributed by atoms with Gasteiger partial charge >= 0.3 is 0 Å². The Hall–Kier alpha value is -3.84. The molecule has 3 aromatic carbocycles. The molecule has 32 heavy (non-hydrogen) atoms. The van der Waals surface area contributed by atoms with E-state index in [2.05, 4.69) is 10.6 Å². The van der Waals surface area contributed by atoms with Crippen LogP contribution in [-0.4, -0.2) is 45.3 Å². The lowest BCUT2D eigenvalue weighted by atomic mass is 10.1. The first-order valence-corrected chi connectivity index (χ1v) is 10.3. The summed E-state index contributed by atoms with van der Waals surface area (Å²) in [4.78, 5) is 25.4. The molecule has 0 saturated carbocycles. The number of amides is 2. The lowest BCUT2D eigenvalue weighted by Gasteiger charge is -2.14. The number of rotatable bonds is 11. The third-order valence-corrected chi connectivity index (χ3v) is 4.50. The molecular formula is C25H26N2O5. The highest BCUT2D eigenvalue weighted by Crippen LogP contribution is 2.22. The molecule has 0 fully saturated rings. The highest BCUT2D eigenvalue weighted by atomic mass is 16.5. The van der Waals surface area contributed by atoms with E-state index in [4.69, 9.17) is 14.2 Å². The number of nitrogens with one attached hydrogen (secondary N) is 2. The van der Waals surface area contributed by atoms with Crippen LogP contribution in [0.1, 0.15) is 20.7 Å². The summed E-state index contributed by atoms with van der Waals surface area (Å²) in [6, 6.07) is 23.2. The average molecular weight is 434 g/mol. The van der Waals surface area contributed by atoms with E-state index in [-0.39, 0.29) is 18.4 Å². The summed E-state index contributed by atoms with van der Waals surface area (Å²) in [7, 11) is 1.56. The number of benzene rings is 3. The Balaban J connectivity index is 1.63. The minimum absolute atomic E-state index is 0.275. The van der Waals surface area contributed by atoms with Crippen LogP contribution in [0.5, 0.6) is 11.5 Å². The topological polar surface area (TPSA) is 85.9 Å². The molecule has 0 heterocycles. The zero-order valence-corrected chi connectivity index (χ0v) is 17.9. The third kappa shape index (κ3) is 6.58. The molecular weight excluding hydrogens is 408 g/mol. The number of anilines is 1. The number of para-hydroxylation sites is 3. The van der Waals surface area contributed by atoms with Gasteiger partial charge in [-0.15, -0.1) is 0 Å². The number of hydrogen-bond donors (Lipinski definition) is 2. The summed E-state index contributed by atoms with van der Waals surface area (Å²) < 4.78 is 16.4. The van der Waals surface area contributed by atoms with Crippen LogP contribution in [0.4, 0.5) is 5.69 Å². The molecule has 3 rings (SSSR count). The Morgan fingerprint density at radius 1 is 0.719 bits per heavy atom. The fraction of sp³-hybridized carbons (Fsp3) is 0.200. The zero-order valence-electron chi connectivity index (χ0n) is 17.9. The molecule has 0 aliphatic carbocycles. The van der Waals surface area contributed by atoms with Gasteiger partial charge in [0.2, 0.25) is 0 Å². The highest BCUT2D eigenvalue weighted by molar-refractivity contribution is 6.10. The number of hydrogen-bond acceptors (Lipinski definition) is 5. The van der Waals surface area contributed by atoms with Gasteiger partial charge in [-0.3, -0.25) is 9.59 Å². The summed E-state index contributed by atoms with van der Waals surface area (Å²) in [5, 5.41) is 5.57. The molecule has 7 heteroatoms. The van der Waals surface area contributed by atoms with Gasteiger partial charge in [0.25, 0.3) is 11.8 Å². The molecule has 0 aliphatic rings. The van der Waals surface area contributed by atoms with Crippen molar-refractivity contribution in [2.45, 2.75) is 0 Å². The van der Waals surface area contributed by atoms with Crippen molar-refractivity contribution < 1.29 is 23.8 Å². The largest absolute Gasteiger partial charge is 0.490 e. The Labute approximate surface area is 187 Å². The minimum atomic E-state index is -0.373. The minimum Gasteiger partial charge on any atom is -0.490 e. The van der Waals surface area contributed by atoms with E-state index in [0.29, 0.717) is 42.3 Å². The van der Waals surface area contributed by atoms with Gasteiger partial charge in [0.05, 0.1) is 23.4 Å². The van der Waals surface area contributed by atoms with Gasteiger partial charge in [0, 0.05) is 13.7 Å². The molecule has 0 radical (unpaired) electrons. The van der Waals surface area contributed by atoms with E-state index in [1.807, 2.05) is 30.3 Å². The van der Waals surface area contributed by atoms with Crippen molar-refractivity contribution in [3.05, 3.63) is 90.0 Å². The van der Waals surface area contributed by atoms with E-state index in [1.54, 1.807) is 55.6 Å². The van der Waals surface area contributed by atoms with Crippen molar-refractivity contribution in [1.29, 1.82) is 0 Å². The summed E-state index contributed by atoms with van der Waals surface area (Å²) in [6.07, 6.45) is 0. The van der Waals surface area contributed by atoms with Gasteiger partial charge in [-0.2, -0.15) is 0 Å². The molecule has 0 spiro atoms.